The summed E-state index contributed by atoms with van der Waals surface area (Å²) in [7, 11) is 0. The van der Waals surface area contributed by atoms with Gasteiger partial charge in [-0.3, -0.25) is 4.79 Å². The molecular formula is C20H21Cl2N3O. The van der Waals surface area contributed by atoms with Crippen molar-refractivity contribution in [1.82, 2.24) is 5.32 Å². The van der Waals surface area contributed by atoms with Crippen LogP contribution < -0.4 is 10.2 Å². The van der Waals surface area contributed by atoms with E-state index in [1.807, 2.05) is 12.1 Å². The molecule has 1 saturated heterocycles. The molecule has 1 aliphatic heterocycles. The van der Waals surface area contributed by atoms with Crippen molar-refractivity contribution in [3.05, 3.63) is 28.2 Å². The standard InChI is InChI=1S/C20H21Cl2N3O/c21-11-4-12(22)6-13(5-11)25-9-17(15-7-19(15)25)20(26)24-18-3-10-1-2-14(18)16(10)8-23/h4-6,10,14-19H,1-3,7,9H2,(H,24,26)/t10-,14-,15-,16?,17+,18+,19-/m0/s1. The molecule has 6 heteroatoms. The predicted molar refractivity (Wildman–Crippen MR) is 101 cm³/mol. The van der Waals surface area contributed by atoms with Crippen molar-refractivity contribution in [3.8, 4) is 6.07 Å². The molecule has 1 aromatic rings. The maximum Gasteiger partial charge on any atom is 0.225 e. The highest BCUT2D eigenvalue weighted by atomic mass is 35.5. The van der Waals surface area contributed by atoms with Gasteiger partial charge in [0, 0.05) is 34.4 Å². The highest BCUT2D eigenvalue weighted by Gasteiger charge is 2.57. The van der Waals surface area contributed by atoms with E-state index in [9.17, 15) is 10.1 Å². The van der Waals surface area contributed by atoms with Crippen LogP contribution in [0.15, 0.2) is 18.2 Å². The van der Waals surface area contributed by atoms with Crippen molar-refractivity contribution >= 4 is 34.8 Å². The number of fused-ring (bicyclic) bond motifs is 3. The van der Waals surface area contributed by atoms with Crippen LogP contribution in [-0.4, -0.2) is 24.5 Å². The summed E-state index contributed by atoms with van der Waals surface area (Å²) in [5.41, 5.74) is 1.01. The summed E-state index contributed by atoms with van der Waals surface area (Å²) >= 11 is 12.3. The van der Waals surface area contributed by atoms with E-state index >= 15 is 0 Å². The van der Waals surface area contributed by atoms with Gasteiger partial charge >= 0.3 is 0 Å². The number of hydrogen-bond acceptors (Lipinski definition) is 3. The fourth-order valence-corrected chi connectivity index (χ4v) is 6.26. The zero-order chi connectivity index (χ0) is 18.0. The first-order chi connectivity index (χ1) is 12.5. The smallest absolute Gasteiger partial charge is 0.225 e. The Kier molecular flexibility index (Phi) is 3.88. The van der Waals surface area contributed by atoms with Crippen LogP contribution in [0.5, 0.6) is 0 Å². The van der Waals surface area contributed by atoms with Gasteiger partial charge in [-0.05, 0) is 61.6 Å². The summed E-state index contributed by atoms with van der Waals surface area (Å²) in [5.74, 6) is 1.60. The van der Waals surface area contributed by atoms with Crippen LogP contribution in [-0.2, 0) is 4.79 Å². The van der Waals surface area contributed by atoms with Crippen molar-refractivity contribution in [2.45, 2.75) is 37.8 Å². The molecule has 4 aliphatic rings. The Labute approximate surface area is 163 Å². The molecule has 4 nitrogen and oxygen atoms in total. The van der Waals surface area contributed by atoms with E-state index in [0.29, 0.717) is 33.8 Å². The quantitative estimate of drug-likeness (QED) is 0.853. The molecule has 1 aromatic carbocycles. The molecule has 1 unspecified atom stereocenters. The van der Waals surface area contributed by atoms with E-state index in [0.717, 1.165) is 37.9 Å². The molecule has 4 fully saturated rings. The molecule has 0 aromatic heterocycles. The summed E-state index contributed by atoms with van der Waals surface area (Å²) in [6.45, 7) is 0.723. The summed E-state index contributed by atoms with van der Waals surface area (Å²) < 4.78 is 0. The SMILES string of the molecule is N#CC1[C@H]2CC[C@@H]1[C@H](NC(=O)[C@@H]1CN(c3cc(Cl)cc(Cl)c3)[C@H]3C[C@@H]13)C2. The fraction of sp³-hybridized carbons (Fsp3) is 0.600. The topological polar surface area (TPSA) is 56.1 Å². The third-order valence-electron chi connectivity index (χ3n) is 7.02. The number of carbonyl (C=O) groups is 1. The number of nitriles is 1. The largest absolute Gasteiger partial charge is 0.367 e. The normalized spacial score (nSPS) is 39.6. The van der Waals surface area contributed by atoms with Crippen LogP contribution in [0.2, 0.25) is 10.0 Å². The van der Waals surface area contributed by atoms with Crippen molar-refractivity contribution in [2.75, 3.05) is 11.4 Å². The Morgan fingerprint density at radius 2 is 1.92 bits per heavy atom. The minimum atomic E-state index is 0.0254. The van der Waals surface area contributed by atoms with E-state index in [-0.39, 0.29) is 23.8 Å². The lowest BCUT2D eigenvalue weighted by Gasteiger charge is -2.26. The highest BCUT2D eigenvalue weighted by Crippen LogP contribution is 2.52. The third kappa shape index (κ3) is 2.60. The minimum absolute atomic E-state index is 0.0254. The van der Waals surface area contributed by atoms with E-state index in [1.165, 1.54) is 0 Å². The van der Waals surface area contributed by atoms with E-state index in [4.69, 9.17) is 23.2 Å². The first-order valence-electron chi connectivity index (χ1n) is 9.48. The summed E-state index contributed by atoms with van der Waals surface area (Å²) in [6, 6.07) is 8.67. The Morgan fingerprint density at radius 3 is 2.62 bits per heavy atom. The van der Waals surface area contributed by atoms with Gasteiger partial charge < -0.3 is 10.2 Å². The number of halogens is 2. The molecule has 0 radical (unpaired) electrons. The molecule has 0 spiro atoms. The van der Waals surface area contributed by atoms with Gasteiger partial charge in [-0.25, -0.2) is 0 Å². The summed E-state index contributed by atoms with van der Waals surface area (Å²) in [5, 5.41) is 13.9. The molecule has 7 atom stereocenters. The van der Waals surface area contributed by atoms with E-state index < -0.39 is 0 Å². The summed E-state index contributed by atoms with van der Waals surface area (Å²) in [6.07, 6.45) is 4.26. The Bertz CT molecular complexity index is 786. The highest BCUT2D eigenvalue weighted by molar-refractivity contribution is 6.35. The van der Waals surface area contributed by atoms with Crippen molar-refractivity contribution in [1.29, 1.82) is 5.26 Å². The molecule has 3 saturated carbocycles. The van der Waals surface area contributed by atoms with Gasteiger partial charge in [-0.2, -0.15) is 5.26 Å². The number of piperidine rings is 1. The van der Waals surface area contributed by atoms with Gasteiger partial charge in [-0.15, -0.1) is 0 Å². The number of rotatable bonds is 3. The van der Waals surface area contributed by atoms with E-state index in [1.54, 1.807) is 6.07 Å². The number of nitrogens with zero attached hydrogens (tertiary/aromatic N) is 2. The lowest BCUT2D eigenvalue weighted by Crippen LogP contribution is -2.44. The van der Waals surface area contributed by atoms with Crippen molar-refractivity contribution in [3.63, 3.8) is 0 Å². The molecular weight excluding hydrogens is 369 g/mol. The molecule has 1 heterocycles. The van der Waals surface area contributed by atoms with Crippen LogP contribution in [0.1, 0.15) is 25.7 Å². The van der Waals surface area contributed by atoms with Crippen molar-refractivity contribution in [2.24, 2.45) is 29.6 Å². The van der Waals surface area contributed by atoms with Gasteiger partial charge in [0.2, 0.25) is 5.91 Å². The number of hydrogen-bond donors (Lipinski definition) is 1. The van der Waals surface area contributed by atoms with Gasteiger partial charge in [0.25, 0.3) is 0 Å². The molecule has 5 rings (SSSR count). The Morgan fingerprint density at radius 1 is 1.15 bits per heavy atom. The lowest BCUT2D eigenvalue weighted by atomic mass is 9.93. The van der Waals surface area contributed by atoms with Crippen LogP contribution in [0.25, 0.3) is 0 Å². The average Bonchev–Trinajstić information content (AvgIpc) is 2.99. The Hall–Kier alpha value is -1.44. The number of nitrogens with one attached hydrogen (secondary N) is 1. The number of carbonyl (C=O) groups excluding carboxylic acids is 1. The minimum Gasteiger partial charge on any atom is -0.367 e. The fourth-order valence-electron chi connectivity index (χ4n) is 5.74. The maximum atomic E-state index is 12.9. The number of benzene rings is 1. The van der Waals surface area contributed by atoms with Gasteiger partial charge in [0.15, 0.2) is 0 Å². The maximum absolute atomic E-state index is 12.9. The van der Waals surface area contributed by atoms with Gasteiger partial charge in [0.05, 0.1) is 17.9 Å². The summed E-state index contributed by atoms with van der Waals surface area (Å²) in [4.78, 5) is 15.2. The molecule has 26 heavy (non-hydrogen) atoms. The van der Waals surface area contributed by atoms with Crippen LogP contribution in [0, 0.1) is 40.9 Å². The predicted octanol–water partition coefficient (Wildman–Crippen LogP) is 3.87. The average molecular weight is 390 g/mol. The number of amides is 1. The van der Waals surface area contributed by atoms with Gasteiger partial charge in [-0.1, -0.05) is 23.2 Å². The molecule has 3 aliphatic carbocycles. The van der Waals surface area contributed by atoms with Crippen LogP contribution >= 0.6 is 23.2 Å². The third-order valence-corrected chi connectivity index (χ3v) is 7.46. The second kappa shape index (κ2) is 6.04. The van der Waals surface area contributed by atoms with Crippen LogP contribution in [0.3, 0.4) is 0 Å². The second-order valence-corrected chi connectivity index (χ2v) is 9.23. The Balaban J connectivity index is 1.27. The zero-order valence-corrected chi connectivity index (χ0v) is 15.9. The van der Waals surface area contributed by atoms with Crippen molar-refractivity contribution < 1.29 is 4.79 Å². The molecule has 1 N–H and O–H groups in total. The molecule has 1 amide bonds. The number of anilines is 1. The lowest BCUT2D eigenvalue weighted by molar-refractivity contribution is -0.126. The first kappa shape index (κ1) is 16.7. The molecule has 2 bridgehead atoms. The van der Waals surface area contributed by atoms with Crippen LogP contribution in [0.4, 0.5) is 5.69 Å². The first-order valence-corrected chi connectivity index (χ1v) is 10.2. The monoisotopic (exact) mass is 389 g/mol. The zero-order valence-electron chi connectivity index (χ0n) is 14.4. The molecule has 136 valence electrons. The van der Waals surface area contributed by atoms with Gasteiger partial charge in [0.1, 0.15) is 0 Å². The van der Waals surface area contributed by atoms with E-state index in [2.05, 4.69) is 16.3 Å². The second-order valence-electron chi connectivity index (χ2n) is 8.36.